The lowest BCUT2D eigenvalue weighted by Gasteiger charge is -2.17. The van der Waals surface area contributed by atoms with Crippen LogP contribution in [0.25, 0.3) is 0 Å². The molecule has 0 radical (unpaired) electrons. The lowest BCUT2D eigenvalue weighted by molar-refractivity contribution is -0.143. The Labute approximate surface area is 93.6 Å². The number of imide groups is 1. The van der Waals surface area contributed by atoms with Crippen LogP contribution in [0.15, 0.2) is 0 Å². The van der Waals surface area contributed by atoms with Crippen molar-refractivity contribution >= 4 is 30.4 Å². The fraction of sp³-hybridized carbons (Fsp3) is 0.625. The molecule has 0 aromatic heterocycles. The van der Waals surface area contributed by atoms with Gasteiger partial charge in [0.05, 0.1) is 13.1 Å². The third-order valence-electron chi connectivity index (χ3n) is 1.63. The quantitative estimate of drug-likeness (QED) is 0.497. The first-order valence-electron chi connectivity index (χ1n) is 4.41. The highest BCUT2D eigenvalue weighted by Gasteiger charge is 2.16. The summed E-state index contributed by atoms with van der Waals surface area (Å²) in [6.45, 7) is 1.12. The average molecular weight is 233 g/mol. The molecular weight excluding hydrogens is 218 g/mol. The lowest BCUT2D eigenvalue weighted by Crippen LogP contribution is -2.44. The molecule has 0 aliphatic rings. The number of nitrogens with one attached hydrogen (secondary N) is 1. The summed E-state index contributed by atoms with van der Waals surface area (Å²) in [6, 6.07) is 0. The number of carbonyl (C=O) groups excluding carboxylic acids is 3. The van der Waals surface area contributed by atoms with Gasteiger partial charge in [0.1, 0.15) is 0 Å². The molecule has 6 nitrogen and oxygen atoms in total. The molecule has 7 heteroatoms. The van der Waals surface area contributed by atoms with Crippen molar-refractivity contribution in [1.82, 2.24) is 10.2 Å². The predicted octanol–water partition coefficient (Wildman–Crippen LogP) is -1.63. The van der Waals surface area contributed by atoms with Gasteiger partial charge in [-0.3, -0.25) is 19.3 Å². The molecule has 15 heavy (non-hydrogen) atoms. The van der Waals surface area contributed by atoms with E-state index in [4.69, 9.17) is 5.73 Å². The van der Waals surface area contributed by atoms with Crippen LogP contribution in [0.2, 0.25) is 0 Å². The molecule has 3 amide bonds. The van der Waals surface area contributed by atoms with Crippen molar-refractivity contribution in [2.75, 3.05) is 25.4 Å². The van der Waals surface area contributed by atoms with Crippen molar-refractivity contribution in [3.8, 4) is 0 Å². The normalized spacial score (nSPS) is 9.53. The Morgan fingerprint density at radius 3 is 2.40 bits per heavy atom. The number of hydrogen-bond acceptors (Lipinski definition) is 5. The van der Waals surface area contributed by atoms with Crippen LogP contribution in [0.5, 0.6) is 0 Å². The van der Waals surface area contributed by atoms with Gasteiger partial charge in [-0.2, -0.15) is 12.6 Å². The van der Waals surface area contributed by atoms with Crippen LogP contribution in [-0.4, -0.2) is 48.0 Å². The molecule has 0 atom stereocenters. The Balaban J connectivity index is 4.14. The molecule has 0 heterocycles. The summed E-state index contributed by atoms with van der Waals surface area (Å²) < 4.78 is 0. The van der Waals surface area contributed by atoms with Crippen molar-refractivity contribution in [1.29, 1.82) is 0 Å². The zero-order valence-electron chi connectivity index (χ0n) is 8.52. The second-order valence-electron chi connectivity index (χ2n) is 2.77. The van der Waals surface area contributed by atoms with Gasteiger partial charge in [-0.1, -0.05) is 0 Å². The van der Waals surface area contributed by atoms with Gasteiger partial charge < -0.3 is 11.1 Å². The van der Waals surface area contributed by atoms with Crippen molar-refractivity contribution in [2.24, 2.45) is 5.73 Å². The molecule has 0 aromatic carbocycles. The minimum Gasteiger partial charge on any atom is -0.346 e. The molecule has 0 aliphatic carbocycles. The van der Waals surface area contributed by atoms with Crippen LogP contribution in [0, 0.1) is 0 Å². The summed E-state index contributed by atoms with van der Waals surface area (Å²) in [7, 11) is 0. The van der Waals surface area contributed by atoms with Crippen LogP contribution in [0.4, 0.5) is 0 Å². The third kappa shape index (κ3) is 5.38. The van der Waals surface area contributed by atoms with E-state index < -0.39 is 11.8 Å². The highest BCUT2D eigenvalue weighted by atomic mass is 32.1. The molecule has 0 saturated heterocycles. The highest BCUT2D eigenvalue weighted by Crippen LogP contribution is 1.92. The number of nitrogens with zero attached hydrogens (tertiary/aromatic N) is 1. The average Bonchev–Trinajstić information content (AvgIpc) is 2.21. The topological polar surface area (TPSA) is 92.5 Å². The van der Waals surface area contributed by atoms with Crippen LogP contribution in [-0.2, 0) is 14.4 Å². The third-order valence-corrected chi connectivity index (χ3v) is 1.83. The SMILES string of the molecule is CC(=O)N(CCS)C(=O)CNC(=O)CN. The maximum atomic E-state index is 11.4. The summed E-state index contributed by atoms with van der Waals surface area (Å²) in [5.74, 6) is -0.872. The lowest BCUT2D eigenvalue weighted by atomic mass is 10.4. The predicted molar refractivity (Wildman–Crippen MR) is 58.3 cm³/mol. The van der Waals surface area contributed by atoms with Gasteiger partial charge >= 0.3 is 0 Å². The minimum atomic E-state index is -0.460. The van der Waals surface area contributed by atoms with Gasteiger partial charge in [0.15, 0.2) is 0 Å². The molecule has 86 valence electrons. The molecule has 0 saturated carbocycles. The number of rotatable bonds is 5. The molecule has 0 fully saturated rings. The fourth-order valence-corrected chi connectivity index (χ4v) is 1.10. The van der Waals surface area contributed by atoms with Gasteiger partial charge in [0.2, 0.25) is 17.7 Å². The second-order valence-corrected chi connectivity index (χ2v) is 3.22. The number of amides is 3. The molecular formula is C8H15N3O3S. The summed E-state index contributed by atoms with van der Waals surface area (Å²) in [6.07, 6.45) is 0. The molecule has 0 bridgehead atoms. The van der Waals surface area contributed by atoms with Crippen molar-refractivity contribution < 1.29 is 14.4 Å². The second kappa shape index (κ2) is 7.24. The zero-order valence-corrected chi connectivity index (χ0v) is 9.42. The summed E-state index contributed by atoms with van der Waals surface area (Å²) in [5, 5.41) is 2.29. The Bertz CT molecular complexity index is 258. The monoisotopic (exact) mass is 233 g/mol. The molecule has 3 N–H and O–H groups in total. The van der Waals surface area contributed by atoms with Crippen LogP contribution in [0.1, 0.15) is 6.92 Å². The van der Waals surface area contributed by atoms with Gasteiger partial charge in [-0.25, -0.2) is 0 Å². The van der Waals surface area contributed by atoms with Crippen LogP contribution >= 0.6 is 12.6 Å². The minimum absolute atomic E-state index is 0.181. The standard InChI is InChI=1S/C8H15N3O3S/c1-6(12)11(2-3-15)8(14)5-10-7(13)4-9/h15H,2-5,9H2,1H3,(H,10,13). The van der Waals surface area contributed by atoms with Gasteiger partial charge in [-0.05, 0) is 0 Å². The van der Waals surface area contributed by atoms with Crippen molar-refractivity contribution in [3.05, 3.63) is 0 Å². The van der Waals surface area contributed by atoms with E-state index in [0.717, 1.165) is 4.90 Å². The van der Waals surface area contributed by atoms with E-state index in [-0.39, 0.29) is 25.5 Å². The smallest absolute Gasteiger partial charge is 0.248 e. The maximum absolute atomic E-state index is 11.4. The van der Waals surface area contributed by atoms with Crippen LogP contribution < -0.4 is 11.1 Å². The van der Waals surface area contributed by atoms with Crippen LogP contribution in [0.3, 0.4) is 0 Å². The molecule has 0 aliphatic heterocycles. The Morgan fingerprint density at radius 1 is 1.40 bits per heavy atom. The Morgan fingerprint density at radius 2 is 2.00 bits per heavy atom. The van der Waals surface area contributed by atoms with E-state index in [9.17, 15) is 14.4 Å². The van der Waals surface area contributed by atoms with E-state index in [1.54, 1.807) is 0 Å². The molecule has 0 unspecified atom stereocenters. The molecule has 0 rings (SSSR count). The summed E-state index contributed by atoms with van der Waals surface area (Å²) in [4.78, 5) is 34.2. The van der Waals surface area contributed by atoms with Crippen molar-refractivity contribution in [3.63, 3.8) is 0 Å². The Hall–Kier alpha value is -1.08. The van der Waals surface area contributed by atoms with E-state index in [2.05, 4.69) is 17.9 Å². The van der Waals surface area contributed by atoms with Crippen molar-refractivity contribution in [2.45, 2.75) is 6.92 Å². The van der Waals surface area contributed by atoms with E-state index in [1.807, 2.05) is 0 Å². The summed E-state index contributed by atoms with van der Waals surface area (Å²) >= 11 is 3.92. The van der Waals surface area contributed by atoms with E-state index in [1.165, 1.54) is 6.92 Å². The first-order valence-corrected chi connectivity index (χ1v) is 5.04. The van der Waals surface area contributed by atoms with Gasteiger partial charge in [0, 0.05) is 19.2 Å². The first kappa shape index (κ1) is 13.9. The Kier molecular flexibility index (Phi) is 6.72. The number of carbonyl (C=O) groups is 3. The maximum Gasteiger partial charge on any atom is 0.248 e. The number of hydrogen-bond donors (Lipinski definition) is 3. The fourth-order valence-electron chi connectivity index (χ4n) is 0.900. The van der Waals surface area contributed by atoms with E-state index >= 15 is 0 Å². The van der Waals surface area contributed by atoms with E-state index in [0.29, 0.717) is 5.75 Å². The summed E-state index contributed by atoms with van der Waals surface area (Å²) in [5.41, 5.74) is 5.04. The highest BCUT2D eigenvalue weighted by molar-refractivity contribution is 7.80. The number of thiol groups is 1. The van der Waals surface area contributed by atoms with Gasteiger partial charge in [-0.15, -0.1) is 0 Å². The van der Waals surface area contributed by atoms with Gasteiger partial charge in [0.25, 0.3) is 0 Å². The zero-order chi connectivity index (χ0) is 11.8. The number of nitrogens with two attached hydrogens (primary N) is 1. The largest absolute Gasteiger partial charge is 0.346 e. The first-order chi connectivity index (χ1) is 7.02. The molecule has 0 spiro atoms. The molecule has 0 aromatic rings.